The number of benzene rings is 3. The quantitative estimate of drug-likeness (QED) is 0.325. The highest BCUT2D eigenvalue weighted by molar-refractivity contribution is 6.35. The second kappa shape index (κ2) is 12.6. The van der Waals surface area contributed by atoms with Crippen LogP contribution < -0.4 is 5.32 Å². The maximum absolute atomic E-state index is 14.0. The van der Waals surface area contributed by atoms with Crippen LogP contribution in [0.5, 0.6) is 0 Å². The zero-order valence-electron chi connectivity index (χ0n) is 21.5. The molecule has 6 heteroatoms. The molecule has 4 rings (SSSR count). The molecule has 3 aromatic carbocycles. The molecule has 2 amide bonds. The Bertz CT molecular complexity index is 1220. The van der Waals surface area contributed by atoms with Gasteiger partial charge in [-0.2, -0.15) is 0 Å². The fraction of sp³-hybridized carbons (Fsp3) is 0.355. The van der Waals surface area contributed by atoms with Crippen LogP contribution in [0.1, 0.15) is 53.5 Å². The first-order chi connectivity index (χ1) is 17.8. The van der Waals surface area contributed by atoms with Gasteiger partial charge < -0.3 is 10.2 Å². The van der Waals surface area contributed by atoms with Crippen molar-refractivity contribution in [1.82, 2.24) is 10.2 Å². The van der Waals surface area contributed by atoms with Crippen LogP contribution in [0.15, 0.2) is 66.7 Å². The Hall–Kier alpha value is -2.82. The molecule has 0 bridgehead atoms. The molecule has 0 spiro atoms. The van der Waals surface area contributed by atoms with Crippen LogP contribution in [0, 0.1) is 13.8 Å². The predicted molar refractivity (Wildman–Crippen MR) is 151 cm³/mol. The standard InChI is InChI=1S/C31H34Cl2N2O2/c1-21-14-22(2)16-24(15-21)18-30(36)35(20-25-12-13-26(32)19-28(25)33)29(17-23-8-4-3-5-9-23)31(37)34-27-10-6-7-11-27/h3-5,8-9,12-16,19,27,29H,6-7,10-11,17-18,20H2,1-2H3,(H,34,37)/t29-/m0/s1. The minimum atomic E-state index is -0.673. The van der Waals surface area contributed by atoms with Gasteiger partial charge in [-0.1, -0.05) is 102 Å². The lowest BCUT2D eigenvalue weighted by molar-refractivity contribution is -0.141. The number of carbonyl (C=O) groups is 2. The minimum absolute atomic E-state index is 0.112. The van der Waals surface area contributed by atoms with E-state index in [2.05, 4.69) is 11.4 Å². The molecule has 1 N–H and O–H groups in total. The summed E-state index contributed by atoms with van der Waals surface area (Å²) in [7, 11) is 0. The van der Waals surface area contributed by atoms with E-state index in [4.69, 9.17) is 23.2 Å². The van der Waals surface area contributed by atoms with E-state index in [1.54, 1.807) is 17.0 Å². The summed E-state index contributed by atoms with van der Waals surface area (Å²) >= 11 is 12.7. The van der Waals surface area contributed by atoms with Crippen molar-refractivity contribution in [3.63, 3.8) is 0 Å². The summed E-state index contributed by atoms with van der Waals surface area (Å²) in [6.45, 7) is 4.27. The van der Waals surface area contributed by atoms with Crippen molar-refractivity contribution in [1.29, 1.82) is 0 Å². The lowest BCUT2D eigenvalue weighted by atomic mass is 10.00. The van der Waals surface area contributed by atoms with E-state index in [0.29, 0.717) is 16.5 Å². The number of carbonyl (C=O) groups excluding carboxylic acids is 2. The molecule has 3 aromatic rings. The maximum atomic E-state index is 14.0. The Morgan fingerprint density at radius 3 is 2.24 bits per heavy atom. The van der Waals surface area contributed by atoms with Crippen molar-refractivity contribution in [2.75, 3.05) is 0 Å². The second-order valence-corrected chi connectivity index (χ2v) is 11.0. The normalized spacial score (nSPS) is 14.4. The van der Waals surface area contributed by atoms with E-state index in [1.807, 2.05) is 62.4 Å². The SMILES string of the molecule is Cc1cc(C)cc(CC(=O)N(Cc2ccc(Cl)cc2Cl)[C@@H](Cc2ccccc2)C(=O)NC2CCCC2)c1. The third-order valence-corrected chi connectivity index (χ3v) is 7.55. The number of hydrogen-bond acceptors (Lipinski definition) is 2. The van der Waals surface area contributed by atoms with E-state index in [0.717, 1.165) is 53.5 Å². The summed E-state index contributed by atoms with van der Waals surface area (Å²) < 4.78 is 0. The highest BCUT2D eigenvalue weighted by Crippen LogP contribution is 2.25. The van der Waals surface area contributed by atoms with Gasteiger partial charge in [-0.25, -0.2) is 0 Å². The van der Waals surface area contributed by atoms with E-state index in [9.17, 15) is 9.59 Å². The predicted octanol–water partition coefficient (Wildman–Crippen LogP) is 6.85. The zero-order chi connectivity index (χ0) is 26.4. The van der Waals surface area contributed by atoms with E-state index < -0.39 is 6.04 Å². The summed E-state index contributed by atoms with van der Waals surface area (Å²) in [5, 5.41) is 4.25. The number of aryl methyl sites for hydroxylation is 2. The van der Waals surface area contributed by atoms with Gasteiger partial charge in [-0.3, -0.25) is 9.59 Å². The van der Waals surface area contributed by atoms with Gasteiger partial charge in [0.05, 0.1) is 6.42 Å². The number of hydrogen-bond donors (Lipinski definition) is 1. The molecule has 0 heterocycles. The topological polar surface area (TPSA) is 49.4 Å². The molecule has 4 nitrogen and oxygen atoms in total. The summed E-state index contributed by atoms with van der Waals surface area (Å²) in [6, 6.07) is 20.8. The number of amides is 2. The van der Waals surface area contributed by atoms with Crippen molar-refractivity contribution in [3.8, 4) is 0 Å². The summed E-state index contributed by atoms with van der Waals surface area (Å²) in [6.07, 6.45) is 4.81. The molecule has 37 heavy (non-hydrogen) atoms. The van der Waals surface area contributed by atoms with Crippen LogP contribution >= 0.6 is 23.2 Å². The Morgan fingerprint density at radius 2 is 1.59 bits per heavy atom. The van der Waals surface area contributed by atoms with Crippen molar-refractivity contribution in [2.24, 2.45) is 0 Å². The highest BCUT2D eigenvalue weighted by Gasteiger charge is 2.32. The first kappa shape index (κ1) is 27.2. The van der Waals surface area contributed by atoms with Gasteiger partial charge in [-0.15, -0.1) is 0 Å². The van der Waals surface area contributed by atoms with Gasteiger partial charge in [0.15, 0.2) is 0 Å². The number of nitrogens with one attached hydrogen (secondary N) is 1. The number of halogens is 2. The zero-order valence-corrected chi connectivity index (χ0v) is 23.0. The van der Waals surface area contributed by atoms with Crippen LogP contribution in [-0.4, -0.2) is 28.8 Å². The Kier molecular flexibility index (Phi) is 9.28. The average Bonchev–Trinajstić information content (AvgIpc) is 3.35. The van der Waals surface area contributed by atoms with Crippen LogP contribution in [0.2, 0.25) is 10.0 Å². The third kappa shape index (κ3) is 7.59. The molecule has 1 fully saturated rings. The van der Waals surface area contributed by atoms with Gasteiger partial charge in [-0.05, 0) is 55.5 Å². The van der Waals surface area contributed by atoms with Crippen molar-refractivity contribution in [3.05, 3.63) is 105 Å². The molecule has 1 aliphatic carbocycles. The summed E-state index contributed by atoms with van der Waals surface area (Å²) in [4.78, 5) is 29.4. The summed E-state index contributed by atoms with van der Waals surface area (Å²) in [5.41, 5.74) is 4.90. The first-order valence-electron chi connectivity index (χ1n) is 12.9. The fourth-order valence-corrected chi connectivity index (χ4v) is 5.67. The lowest BCUT2D eigenvalue weighted by Crippen LogP contribution is -2.52. The molecule has 1 aliphatic rings. The van der Waals surface area contributed by atoms with Crippen molar-refractivity contribution >= 4 is 35.0 Å². The number of nitrogens with zero attached hydrogens (tertiary/aromatic N) is 1. The second-order valence-electron chi connectivity index (χ2n) is 10.1. The van der Waals surface area contributed by atoms with Crippen LogP contribution in [-0.2, 0) is 29.0 Å². The molecule has 0 aliphatic heterocycles. The Balaban J connectivity index is 1.69. The van der Waals surface area contributed by atoms with Gasteiger partial charge >= 0.3 is 0 Å². The summed E-state index contributed by atoms with van der Waals surface area (Å²) in [5.74, 6) is -0.229. The molecule has 0 unspecified atom stereocenters. The largest absolute Gasteiger partial charge is 0.352 e. The lowest BCUT2D eigenvalue weighted by Gasteiger charge is -2.33. The van der Waals surface area contributed by atoms with Crippen molar-refractivity contribution in [2.45, 2.75) is 71.0 Å². The highest BCUT2D eigenvalue weighted by atomic mass is 35.5. The maximum Gasteiger partial charge on any atom is 0.243 e. The van der Waals surface area contributed by atoms with Crippen LogP contribution in [0.4, 0.5) is 0 Å². The molecular weight excluding hydrogens is 503 g/mol. The first-order valence-corrected chi connectivity index (χ1v) is 13.7. The van der Waals surface area contributed by atoms with Crippen LogP contribution in [0.3, 0.4) is 0 Å². The molecule has 1 saturated carbocycles. The smallest absolute Gasteiger partial charge is 0.243 e. The van der Waals surface area contributed by atoms with Gasteiger partial charge in [0.2, 0.25) is 11.8 Å². The van der Waals surface area contributed by atoms with Crippen LogP contribution in [0.25, 0.3) is 0 Å². The molecule has 194 valence electrons. The van der Waals surface area contributed by atoms with E-state index in [1.165, 1.54) is 0 Å². The third-order valence-electron chi connectivity index (χ3n) is 6.97. The molecule has 0 aromatic heterocycles. The van der Waals surface area contributed by atoms with Gasteiger partial charge in [0, 0.05) is 29.1 Å². The Labute approximate surface area is 230 Å². The van der Waals surface area contributed by atoms with E-state index in [-0.39, 0.29) is 30.8 Å². The molecule has 0 saturated heterocycles. The fourth-order valence-electron chi connectivity index (χ4n) is 5.20. The average molecular weight is 538 g/mol. The molecule has 0 radical (unpaired) electrons. The van der Waals surface area contributed by atoms with Crippen molar-refractivity contribution < 1.29 is 9.59 Å². The number of rotatable bonds is 9. The molecular formula is C31H34Cl2N2O2. The minimum Gasteiger partial charge on any atom is -0.352 e. The Morgan fingerprint density at radius 1 is 0.919 bits per heavy atom. The van der Waals surface area contributed by atoms with Gasteiger partial charge in [0.1, 0.15) is 6.04 Å². The van der Waals surface area contributed by atoms with E-state index >= 15 is 0 Å². The van der Waals surface area contributed by atoms with Gasteiger partial charge in [0.25, 0.3) is 0 Å². The molecule has 1 atom stereocenters. The monoisotopic (exact) mass is 536 g/mol.